The summed E-state index contributed by atoms with van der Waals surface area (Å²) in [6.07, 6.45) is 2.85. The molecule has 0 saturated carbocycles. The Morgan fingerprint density at radius 1 is 1.24 bits per heavy atom. The van der Waals surface area contributed by atoms with Gasteiger partial charge in [0.25, 0.3) is 10.8 Å². The fourth-order valence-corrected chi connectivity index (χ4v) is 2.44. The van der Waals surface area contributed by atoms with Gasteiger partial charge in [-0.1, -0.05) is 31.2 Å². The topological polar surface area (TPSA) is 92.5 Å². The van der Waals surface area contributed by atoms with Crippen LogP contribution in [0.4, 0.5) is 11.4 Å². The molecule has 2 N–H and O–H groups in total. The van der Waals surface area contributed by atoms with Crippen LogP contribution >= 0.6 is 0 Å². The number of aryl methyl sites for hydroxylation is 2. The molecule has 0 aliphatic carbocycles. The fraction of sp³-hybridized carbons (Fsp3) is 0.278. The van der Waals surface area contributed by atoms with E-state index in [1.54, 1.807) is 25.1 Å². The fourth-order valence-electron chi connectivity index (χ4n) is 2.44. The van der Waals surface area contributed by atoms with Gasteiger partial charge in [-0.05, 0) is 43.5 Å². The predicted molar refractivity (Wildman–Crippen MR) is 88.7 cm³/mol. The monoisotopic (exact) mass is 351 g/mol. The van der Waals surface area contributed by atoms with Crippen molar-refractivity contribution in [2.45, 2.75) is 33.1 Å². The van der Waals surface area contributed by atoms with Gasteiger partial charge in [-0.25, -0.2) is 5.21 Å². The van der Waals surface area contributed by atoms with Crippen molar-refractivity contribution in [3.8, 4) is 5.75 Å². The number of amides is 1. The molecule has 2 aromatic carbocycles. The summed E-state index contributed by atoms with van der Waals surface area (Å²) in [6.45, 7) is 3.72. The zero-order valence-corrected chi connectivity index (χ0v) is 16.7. The number of unbranched alkanes of at least 4 members (excludes halogenated alkanes) is 1. The first kappa shape index (κ1) is 21.2. The number of anilines is 1. The van der Waals surface area contributed by atoms with E-state index in [2.05, 4.69) is 12.2 Å². The van der Waals surface area contributed by atoms with E-state index in [1.165, 1.54) is 18.2 Å². The van der Waals surface area contributed by atoms with E-state index in [1.807, 2.05) is 0 Å². The van der Waals surface area contributed by atoms with Crippen LogP contribution in [-0.2, 0) is 6.42 Å². The summed E-state index contributed by atoms with van der Waals surface area (Å²) >= 11 is 0. The molecule has 0 heterocycles. The van der Waals surface area contributed by atoms with Gasteiger partial charge in [-0.2, -0.15) is 0 Å². The molecule has 6 nitrogen and oxygen atoms in total. The normalized spacial score (nSPS) is 10.0. The SMILES string of the molecule is CCCCc1ccc([O-])c(C(=O)Nc2ccc([N+](=O)O)c(C)c2)c1.[Na+]. The molecule has 0 aliphatic heterocycles. The summed E-state index contributed by atoms with van der Waals surface area (Å²) in [5, 5.41) is 23.5. The number of nitrogens with zero attached hydrogens (tertiary/aromatic N) is 1. The molecule has 0 unspecified atom stereocenters. The van der Waals surface area contributed by atoms with Crippen LogP contribution in [0.25, 0.3) is 0 Å². The van der Waals surface area contributed by atoms with Crippen molar-refractivity contribution in [3.05, 3.63) is 58.0 Å². The molecule has 0 spiro atoms. The Kier molecular flexibility index (Phi) is 8.09. The molecule has 0 saturated heterocycles. The number of carbonyl (C=O) groups is 1. The van der Waals surface area contributed by atoms with Gasteiger partial charge in [-0.3, -0.25) is 4.79 Å². The molecule has 2 aromatic rings. The number of nitrogens with one attached hydrogen (secondary N) is 1. The van der Waals surface area contributed by atoms with Crippen LogP contribution in [0.2, 0.25) is 0 Å². The Bertz CT molecular complexity index is 778. The van der Waals surface area contributed by atoms with Crippen molar-refractivity contribution in [1.82, 2.24) is 0 Å². The van der Waals surface area contributed by atoms with E-state index >= 15 is 0 Å². The minimum atomic E-state index is -0.492. The van der Waals surface area contributed by atoms with Crippen molar-refractivity contribution in [2.24, 2.45) is 0 Å². The van der Waals surface area contributed by atoms with Gasteiger partial charge in [0.2, 0.25) is 0 Å². The Labute approximate surface area is 168 Å². The Balaban J connectivity index is 0.00000312. The molecule has 126 valence electrons. The summed E-state index contributed by atoms with van der Waals surface area (Å²) in [6, 6.07) is 9.23. The van der Waals surface area contributed by atoms with E-state index in [-0.39, 0.29) is 51.5 Å². The van der Waals surface area contributed by atoms with Gasteiger partial charge in [0, 0.05) is 22.9 Å². The van der Waals surface area contributed by atoms with Crippen molar-refractivity contribution in [1.29, 1.82) is 0 Å². The second kappa shape index (κ2) is 9.56. The first-order valence-electron chi connectivity index (χ1n) is 7.80. The summed E-state index contributed by atoms with van der Waals surface area (Å²) in [7, 11) is 0. The maximum Gasteiger partial charge on any atom is 1.00 e. The van der Waals surface area contributed by atoms with E-state index in [0.717, 1.165) is 24.8 Å². The summed E-state index contributed by atoms with van der Waals surface area (Å²) < 4.78 is 0. The van der Waals surface area contributed by atoms with Crippen LogP contribution in [-0.4, -0.2) is 16.0 Å². The maximum atomic E-state index is 12.4. The van der Waals surface area contributed by atoms with Crippen LogP contribution in [0.5, 0.6) is 5.75 Å². The average Bonchev–Trinajstić information content (AvgIpc) is 2.53. The number of hydrogen-bond acceptors (Lipinski definition) is 3. The largest absolute Gasteiger partial charge is 1.00 e. The van der Waals surface area contributed by atoms with E-state index in [4.69, 9.17) is 5.21 Å². The molecule has 1 amide bonds. The van der Waals surface area contributed by atoms with Crippen LogP contribution in [0.1, 0.15) is 41.3 Å². The summed E-state index contributed by atoms with van der Waals surface area (Å²) in [4.78, 5) is 23.1. The quantitative estimate of drug-likeness (QED) is 0.584. The number of benzene rings is 2. The molecule has 2 rings (SSSR count). The minimum Gasteiger partial charge on any atom is -0.872 e. The zero-order valence-electron chi connectivity index (χ0n) is 14.7. The van der Waals surface area contributed by atoms with Crippen molar-refractivity contribution in [3.63, 3.8) is 0 Å². The molecule has 0 atom stereocenters. The summed E-state index contributed by atoms with van der Waals surface area (Å²) in [5.74, 6) is -0.823. The smallest absolute Gasteiger partial charge is 0.872 e. The van der Waals surface area contributed by atoms with Crippen molar-refractivity contribution in [2.75, 3.05) is 5.32 Å². The molecule has 0 aromatic heterocycles. The van der Waals surface area contributed by atoms with Gasteiger partial charge in [-0.15, -0.1) is 0 Å². The molecule has 0 bridgehead atoms. The van der Waals surface area contributed by atoms with Crippen LogP contribution in [0.15, 0.2) is 36.4 Å². The Morgan fingerprint density at radius 2 is 1.96 bits per heavy atom. The molecule has 0 radical (unpaired) electrons. The average molecular weight is 351 g/mol. The van der Waals surface area contributed by atoms with Crippen LogP contribution < -0.4 is 40.0 Å². The Morgan fingerprint density at radius 3 is 2.56 bits per heavy atom. The predicted octanol–water partition coefficient (Wildman–Crippen LogP) is 0.467. The van der Waals surface area contributed by atoms with Crippen molar-refractivity contribution < 1.29 is 49.6 Å². The van der Waals surface area contributed by atoms with Gasteiger partial charge in [0.15, 0.2) is 0 Å². The third-order valence-corrected chi connectivity index (χ3v) is 3.77. The molecule has 25 heavy (non-hydrogen) atoms. The zero-order chi connectivity index (χ0) is 17.7. The van der Waals surface area contributed by atoms with E-state index in [0.29, 0.717) is 11.3 Å². The molecular formula is C18H20N2NaO4+. The van der Waals surface area contributed by atoms with E-state index in [9.17, 15) is 14.8 Å². The summed E-state index contributed by atoms with van der Waals surface area (Å²) in [5.41, 5.74) is 2.10. The first-order valence-corrected chi connectivity index (χ1v) is 7.80. The molecule has 0 aliphatic rings. The van der Waals surface area contributed by atoms with E-state index < -0.39 is 5.91 Å². The van der Waals surface area contributed by atoms with Gasteiger partial charge in [0.05, 0.1) is 4.91 Å². The second-order valence-corrected chi connectivity index (χ2v) is 5.66. The first-order chi connectivity index (χ1) is 11.4. The molecular weight excluding hydrogens is 331 g/mol. The van der Waals surface area contributed by atoms with Gasteiger partial charge < -0.3 is 10.4 Å². The van der Waals surface area contributed by atoms with Crippen LogP contribution in [0.3, 0.4) is 0 Å². The number of carbonyl (C=O) groups excluding carboxylic acids is 1. The third kappa shape index (κ3) is 5.56. The van der Waals surface area contributed by atoms with Crippen LogP contribution in [0, 0.1) is 11.8 Å². The minimum absolute atomic E-state index is 0. The third-order valence-electron chi connectivity index (χ3n) is 3.77. The molecule has 7 heteroatoms. The number of hydrogen-bond donors (Lipinski definition) is 2. The number of rotatable bonds is 6. The second-order valence-electron chi connectivity index (χ2n) is 5.66. The van der Waals surface area contributed by atoms with Gasteiger partial charge in [0.1, 0.15) is 0 Å². The maximum absolute atomic E-state index is 12.4. The Hall–Kier alpha value is -1.89. The standard InChI is InChI=1S/C18H20N2O4.Na/c1-3-4-5-13-6-9-17(21)15(11-13)18(22)19-14-7-8-16(20(23)24)12(2)10-14;/h6-11H,3-5H2,1-2H3,(H2-,19,21,22,23,24);/q;+1. The van der Waals surface area contributed by atoms with Gasteiger partial charge >= 0.3 is 35.2 Å². The van der Waals surface area contributed by atoms with Crippen molar-refractivity contribution >= 4 is 17.3 Å². The molecule has 0 fully saturated rings.